The minimum Gasteiger partial charge on any atom is -0.368 e. The van der Waals surface area contributed by atoms with Crippen LogP contribution in [0.15, 0.2) is 48.2 Å². The second-order valence-electron chi connectivity index (χ2n) is 6.93. The van der Waals surface area contributed by atoms with E-state index in [1.165, 1.54) is 11.3 Å². The number of hydrogen-bond acceptors (Lipinski definition) is 5. The number of pyridine rings is 1. The SMILES string of the molecule is Cc1ncsc1C(=O)N(C(C(N)=O)c1cccnc1)[C@@H]1CCc2c(Cl)cccc21. The number of carbonyl (C=O) groups excluding carboxylic acids is 2. The molecule has 2 N–H and O–H groups in total. The summed E-state index contributed by atoms with van der Waals surface area (Å²) in [5.74, 6) is -0.875. The van der Waals surface area contributed by atoms with Crippen molar-refractivity contribution in [2.24, 2.45) is 5.73 Å². The molecule has 0 bridgehead atoms. The molecule has 4 rings (SSSR count). The molecule has 29 heavy (non-hydrogen) atoms. The highest BCUT2D eigenvalue weighted by Gasteiger charge is 2.40. The van der Waals surface area contributed by atoms with E-state index >= 15 is 0 Å². The molecule has 2 aromatic heterocycles. The van der Waals surface area contributed by atoms with Crippen molar-refractivity contribution >= 4 is 34.8 Å². The molecule has 2 amide bonds. The fourth-order valence-corrected chi connectivity index (χ4v) is 4.96. The van der Waals surface area contributed by atoms with Crippen LogP contribution in [0.2, 0.25) is 5.02 Å². The smallest absolute Gasteiger partial charge is 0.267 e. The van der Waals surface area contributed by atoms with Crippen molar-refractivity contribution in [2.45, 2.75) is 31.8 Å². The second kappa shape index (κ2) is 7.93. The molecule has 0 saturated heterocycles. The van der Waals surface area contributed by atoms with E-state index < -0.39 is 11.9 Å². The van der Waals surface area contributed by atoms with Crippen LogP contribution >= 0.6 is 22.9 Å². The fourth-order valence-electron chi connectivity index (χ4n) is 3.94. The molecule has 1 aliphatic rings. The van der Waals surface area contributed by atoms with Gasteiger partial charge in [0.1, 0.15) is 10.9 Å². The van der Waals surface area contributed by atoms with E-state index in [4.69, 9.17) is 17.3 Å². The lowest BCUT2D eigenvalue weighted by Crippen LogP contribution is -2.43. The molecule has 0 saturated carbocycles. The number of amides is 2. The summed E-state index contributed by atoms with van der Waals surface area (Å²) in [5.41, 5.74) is 10.6. The predicted molar refractivity (Wildman–Crippen MR) is 112 cm³/mol. The number of thiazole rings is 1. The molecule has 3 aromatic rings. The number of benzene rings is 1. The van der Waals surface area contributed by atoms with Gasteiger partial charge < -0.3 is 10.6 Å². The quantitative estimate of drug-likeness (QED) is 0.670. The van der Waals surface area contributed by atoms with E-state index in [0.29, 0.717) is 27.6 Å². The Balaban J connectivity index is 1.87. The Kier molecular flexibility index (Phi) is 5.34. The summed E-state index contributed by atoms with van der Waals surface area (Å²) >= 11 is 7.65. The Labute approximate surface area is 177 Å². The molecule has 6 nitrogen and oxygen atoms in total. The van der Waals surface area contributed by atoms with Crippen molar-refractivity contribution in [3.63, 3.8) is 0 Å². The van der Waals surface area contributed by atoms with E-state index in [0.717, 1.165) is 17.5 Å². The lowest BCUT2D eigenvalue weighted by Gasteiger charge is -2.35. The van der Waals surface area contributed by atoms with Crippen molar-refractivity contribution in [3.05, 3.63) is 80.5 Å². The fraction of sp³-hybridized carbons (Fsp3) is 0.238. The number of carbonyl (C=O) groups is 2. The average Bonchev–Trinajstić information content (AvgIpc) is 3.33. The Bertz CT molecular complexity index is 1070. The summed E-state index contributed by atoms with van der Waals surface area (Å²) in [6.45, 7) is 1.78. The number of halogens is 1. The van der Waals surface area contributed by atoms with Gasteiger partial charge in [-0.3, -0.25) is 14.6 Å². The van der Waals surface area contributed by atoms with Gasteiger partial charge in [0, 0.05) is 23.0 Å². The van der Waals surface area contributed by atoms with Crippen molar-refractivity contribution in [3.8, 4) is 0 Å². The van der Waals surface area contributed by atoms with Crippen LogP contribution in [0.4, 0.5) is 0 Å². The molecule has 2 atom stereocenters. The third-order valence-electron chi connectivity index (χ3n) is 5.24. The normalized spacial score (nSPS) is 16.3. The number of fused-ring (bicyclic) bond motifs is 1. The van der Waals surface area contributed by atoms with Crippen LogP contribution in [0.25, 0.3) is 0 Å². The number of primary amides is 1. The Morgan fingerprint density at radius 2 is 2.14 bits per heavy atom. The molecule has 1 aromatic carbocycles. The van der Waals surface area contributed by atoms with Gasteiger partial charge in [-0.25, -0.2) is 4.98 Å². The minimum atomic E-state index is -0.951. The standard InChI is InChI=1S/C21H19ClN4O2S/c1-12-19(29-11-25-12)21(28)26(18(20(23)27)13-4-3-9-24-10-13)17-8-7-14-15(17)5-2-6-16(14)22/h2-6,9-11,17-18H,7-8H2,1H3,(H2,23,27)/t17-,18?/m1/s1. The van der Waals surface area contributed by atoms with E-state index in [1.54, 1.807) is 41.9 Å². The van der Waals surface area contributed by atoms with Gasteiger partial charge in [0.25, 0.3) is 5.91 Å². The van der Waals surface area contributed by atoms with Crippen LogP contribution in [0, 0.1) is 6.92 Å². The maximum Gasteiger partial charge on any atom is 0.267 e. The van der Waals surface area contributed by atoms with Crippen LogP contribution in [0.3, 0.4) is 0 Å². The summed E-state index contributed by atoms with van der Waals surface area (Å²) in [4.78, 5) is 36.7. The van der Waals surface area contributed by atoms with E-state index in [1.807, 2.05) is 18.2 Å². The zero-order valence-electron chi connectivity index (χ0n) is 15.7. The van der Waals surface area contributed by atoms with Crippen molar-refractivity contribution in [2.75, 3.05) is 0 Å². The number of hydrogen-bond donors (Lipinski definition) is 1. The topological polar surface area (TPSA) is 89.2 Å². The number of nitrogens with zero attached hydrogens (tertiary/aromatic N) is 3. The maximum absolute atomic E-state index is 13.7. The van der Waals surface area contributed by atoms with E-state index in [9.17, 15) is 9.59 Å². The van der Waals surface area contributed by atoms with Crippen LogP contribution in [-0.2, 0) is 11.2 Å². The minimum absolute atomic E-state index is 0.268. The lowest BCUT2D eigenvalue weighted by atomic mass is 10.00. The highest BCUT2D eigenvalue weighted by Crippen LogP contribution is 2.43. The highest BCUT2D eigenvalue weighted by atomic mass is 35.5. The molecular formula is C21H19ClN4O2S. The molecular weight excluding hydrogens is 408 g/mol. The highest BCUT2D eigenvalue weighted by molar-refractivity contribution is 7.11. The average molecular weight is 427 g/mol. The van der Waals surface area contributed by atoms with Gasteiger partial charge in [0.05, 0.1) is 17.2 Å². The molecule has 2 heterocycles. The van der Waals surface area contributed by atoms with Crippen LogP contribution < -0.4 is 5.73 Å². The van der Waals surface area contributed by atoms with Gasteiger partial charge in [0.2, 0.25) is 5.91 Å². The Morgan fingerprint density at radius 3 is 2.79 bits per heavy atom. The van der Waals surface area contributed by atoms with Gasteiger partial charge in [-0.05, 0) is 43.0 Å². The van der Waals surface area contributed by atoms with E-state index in [2.05, 4.69) is 9.97 Å². The summed E-state index contributed by atoms with van der Waals surface area (Å²) < 4.78 is 0. The van der Waals surface area contributed by atoms with Gasteiger partial charge in [-0.1, -0.05) is 29.8 Å². The van der Waals surface area contributed by atoms with Crippen molar-refractivity contribution in [1.82, 2.24) is 14.9 Å². The Morgan fingerprint density at radius 1 is 1.31 bits per heavy atom. The third kappa shape index (κ3) is 3.52. The molecule has 1 unspecified atom stereocenters. The molecule has 0 spiro atoms. The summed E-state index contributed by atoms with van der Waals surface area (Å²) in [6, 6.07) is 7.88. The van der Waals surface area contributed by atoms with E-state index in [-0.39, 0.29) is 11.9 Å². The van der Waals surface area contributed by atoms with Gasteiger partial charge in [-0.15, -0.1) is 11.3 Å². The number of aromatic nitrogens is 2. The molecule has 0 radical (unpaired) electrons. The molecule has 148 valence electrons. The summed E-state index contributed by atoms with van der Waals surface area (Å²) in [5, 5.41) is 0.670. The molecule has 8 heteroatoms. The van der Waals surface area contributed by atoms with Gasteiger partial charge in [-0.2, -0.15) is 0 Å². The first-order valence-electron chi connectivity index (χ1n) is 9.18. The molecule has 0 aliphatic heterocycles. The number of rotatable bonds is 5. The maximum atomic E-state index is 13.7. The van der Waals surface area contributed by atoms with Crippen molar-refractivity contribution in [1.29, 1.82) is 0 Å². The van der Waals surface area contributed by atoms with Crippen LogP contribution in [0.1, 0.15) is 50.6 Å². The number of nitrogens with two attached hydrogens (primary N) is 1. The van der Waals surface area contributed by atoms with Crippen LogP contribution in [0.5, 0.6) is 0 Å². The van der Waals surface area contributed by atoms with Crippen LogP contribution in [-0.4, -0.2) is 26.7 Å². The third-order valence-corrected chi connectivity index (χ3v) is 6.51. The zero-order valence-corrected chi connectivity index (χ0v) is 17.3. The second-order valence-corrected chi connectivity index (χ2v) is 8.19. The van der Waals surface area contributed by atoms with Gasteiger partial charge >= 0.3 is 0 Å². The first kappa shape index (κ1) is 19.5. The Hall–Kier alpha value is -2.77. The lowest BCUT2D eigenvalue weighted by molar-refractivity contribution is -0.123. The first-order chi connectivity index (χ1) is 14.0. The largest absolute Gasteiger partial charge is 0.368 e. The predicted octanol–water partition coefficient (Wildman–Crippen LogP) is 3.86. The molecule has 0 fully saturated rings. The molecule has 1 aliphatic carbocycles. The van der Waals surface area contributed by atoms with Crippen molar-refractivity contribution < 1.29 is 9.59 Å². The summed E-state index contributed by atoms with van der Waals surface area (Å²) in [7, 11) is 0. The monoisotopic (exact) mass is 426 g/mol. The zero-order chi connectivity index (χ0) is 20.5. The summed E-state index contributed by atoms with van der Waals surface area (Å²) in [6.07, 6.45) is 4.57. The van der Waals surface area contributed by atoms with Gasteiger partial charge in [0.15, 0.2) is 0 Å². The first-order valence-corrected chi connectivity index (χ1v) is 10.4. The number of aryl methyl sites for hydroxylation is 1.